The van der Waals surface area contributed by atoms with Crippen molar-refractivity contribution < 1.29 is 5.11 Å². The molecule has 0 amide bonds. The first-order valence-corrected chi connectivity index (χ1v) is 8.82. The van der Waals surface area contributed by atoms with Crippen LogP contribution in [0.2, 0.25) is 0 Å². The summed E-state index contributed by atoms with van der Waals surface area (Å²) in [5.41, 5.74) is 6.39. The molecule has 0 bridgehead atoms. The smallest absolute Gasteiger partial charge is 0.0636 e. The third-order valence-electron chi connectivity index (χ3n) is 5.73. The summed E-state index contributed by atoms with van der Waals surface area (Å²) in [5.74, 6) is 1.42. The van der Waals surface area contributed by atoms with Gasteiger partial charge in [-0.3, -0.25) is 0 Å². The second-order valence-corrected chi connectivity index (χ2v) is 7.14. The molecule has 2 fully saturated rings. The average molecular weight is 282 g/mol. The number of aliphatic hydroxyl groups is 1. The molecule has 0 saturated heterocycles. The van der Waals surface area contributed by atoms with Crippen LogP contribution in [-0.4, -0.2) is 29.8 Å². The van der Waals surface area contributed by atoms with Crippen molar-refractivity contribution in [2.24, 2.45) is 17.6 Å². The lowest BCUT2D eigenvalue weighted by Gasteiger charge is -2.50. The van der Waals surface area contributed by atoms with Gasteiger partial charge >= 0.3 is 0 Å². The van der Waals surface area contributed by atoms with Crippen LogP contribution in [0.3, 0.4) is 0 Å². The van der Waals surface area contributed by atoms with Gasteiger partial charge in [-0.15, -0.1) is 0 Å². The van der Waals surface area contributed by atoms with E-state index in [1.807, 2.05) is 6.92 Å². The van der Waals surface area contributed by atoms with Gasteiger partial charge in [-0.1, -0.05) is 38.5 Å². The fourth-order valence-electron chi connectivity index (χ4n) is 4.60. The quantitative estimate of drug-likeness (QED) is 0.702. The maximum Gasteiger partial charge on any atom is 0.0636 e. The van der Waals surface area contributed by atoms with Gasteiger partial charge < -0.3 is 16.2 Å². The van der Waals surface area contributed by atoms with Crippen LogP contribution in [0.25, 0.3) is 0 Å². The van der Waals surface area contributed by atoms with Gasteiger partial charge in [0.15, 0.2) is 0 Å². The van der Waals surface area contributed by atoms with E-state index >= 15 is 0 Å². The molecule has 2 rings (SSSR count). The monoisotopic (exact) mass is 282 g/mol. The summed E-state index contributed by atoms with van der Waals surface area (Å²) < 4.78 is 0. The lowest BCUT2D eigenvalue weighted by atomic mass is 9.64. The summed E-state index contributed by atoms with van der Waals surface area (Å²) >= 11 is 0. The lowest BCUT2D eigenvalue weighted by Crippen LogP contribution is -2.63. The minimum atomic E-state index is -0.284. The number of aliphatic hydroxyl groups excluding tert-OH is 1. The molecule has 0 radical (unpaired) electrons. The summed E-state index contributed by atoms with van der Waals surface area (Å²) in [7, 11) is 0. The van der Waals surface area contributed by atoms with Crippen LogP contribution in [0.15, 0.2) is 0 Å². The zero-order chi connectivity index (χ0) is 14.4. The molecular weight excluding hydrogens is 248 g/mol. The number of hydrogen-bond donors (Lipinski definition) is 3. The van der Waals surface area contributed by atoms with Gasteiger partial charge in [-0.25, -0.2) is 0 Å². The summed E-state index contributed by atoms with van der Waals surface area (Å²) in [6.07, 6.45) is 13.2. The van der Waals surface area contributed by atoms with Crippen LogP contribution < -0.4 is 11.1 Å². The van der Waals surface area contributed by atoms with E-state index in [-0.39, 0.29) is 11.6 Å². The zero-order valence-electron chi connectivity index (χ0n) is 13.2. The molecular formula is C17H34N2O. The van der Waals surface area contributed by atoms with Gasteiger partial charge in [-0.05, 0) is 44.4 Å². The highest BCUT2D eigenvalue weighted by atomic mass is 16.3. The molecule has 2 aliphatic carbocycles. The Labute approximate surface area is 124 Å². The molecule has 4 N–H and O–H groups in total. The predicted molar refractivity (Wildman–Crippen MR) is 84.6 cm³/mol. The lowest BCUT2D eigenvalue weighted by molar-refractivity contribution is 0.0604. The minimum Gasteiger partial charge on any atom is -0.392 e. The molecule has 0 aliphatic heterocycles. The van der Waals surface area contributed by atoms with Crippen LogP contribution in [0.4, 0.5) is 0 Å². The van der Waals surface area contributed by atoms with E-state index in [0.29, 0.717) is 18.4 Å². The Hall–Kier alpha value is -0.120. The molecule has 1 atom stereocenters. The van der Waals surface area contributed by atoms with Crippen molar-refractivity contribution in [3.63, 3.8) is 0 Å². The highest BCUT2D eigenvalue weighted by Crippen LogP contribution is 2.42. The first-order valence-electron chi connectivity index (χ1n) is 8.82. The predicted octanol–water partition coefficient (Wildman–Crippen LogP) is 2.81. The van der Waals surface area contributed by atoms with E-state index in [4.69, 9.17) is 5.73 Å². The van der Waals surface area contributed by atoms with Crippen LogP contribution in [-0.2, 0) is 0 Å². The second kappa shape index (κ2) is 7.77. The van der Waals surface area contributed by atoms with Gasteiger partial charge in [0.1, 0.15) is 0 Å². The van der Waals surface area contributed by atoms with Crippen molar-refractivity contribution in [2.45, 2.75) is 82.8 Å². The summed E-state index contributed by atoms with van der Waals surface area (Å²) in [6.45, 7) is 3.29. The van der Waals surface area contributed by atoms with Gasteiger partial charge in [0.05, 0.1) is 6.10 Å². The third-order valence-corrected chi connectivity index (χ3v) is 5.73. The van der Waals surface area contributed by atoms with Crippen molar-refractivity contribution in [2.75, 3.05) is 13.1 Å². The van der Waals surface area contributed by atoms with E-state index in [9.17, 15) is 5.11 Å². The Morgan fingerprint density at radius 3 is 1.80 bits per heavy atom. The van der Waals surface area contributed by atoms with Crippen molar-refractivity contribution >= 4 is 0 Å². The Morgan fingerprint density at radius 1 is 1.00 bits per heavy atom. The molecule has 2 saturated carbocycles. The van der Waals surface area contributed by atoms with E-state index in [0.717, 1.165) is 6.54 Å². The molecule has 0 aromatic carbocycles. The Kier molecular flexibility index (Phi) is 6.31. The largest absolute Gasteiger partial charge is 0.392 e. The van der Waals surface area contributed by atoms with Crippen molar-refractivity contribution in [3.8, 4) is 0 Å². The molecule has 3 nitrogen and oxygen atoms in total. The molecule has 0 aromatic rings. The molecule has 0 spiro atoms. The Morgan fingerprint density at radius 2 is 1.45 bits per heavy atom. The highest BCUT2D eigenvalue weighted by molar-refractivity contribution is 5.02. The maximum atomic E-state index is 9.70. The van der Waals surface area contributed by atoms with Crippen LogP contribution in [0, 0.1) is 11.8 Å². The fraction of sp³-hybridized carbons (Fsp3) is 1.00. The number of β-amino-alcohol motifs (C(OH)–C–C–N with tert-alkyl or cyclic N) is 1. The van der Waals surface area contributed by atoms with Crippen LogP contribution >= 0.6 is 0 Å². The maximum absolute atomic E-state index is 9.70. The Balaban J connectivity index is 2.13. The standard InChI is InChI=1S/C17H34N2O/c1-14(20)12-19-17(13-18,15-8-4-2-5-9-15)16-10-6-3-7-11-16/h14-16,19-20H,2-13,18H2,1H3. The summed E-state index contributed by atoms with van der Waals surface area (Å²) in [6, 6.07) is 0. The minimum absolute atomic E-state index is 0.0812. The average Bonchev–Trinajstić information content (AvgIpc) is 2.50. The van der Waals surface area contributed by atoms with Gasteiger partial charge in [0, 0.05) is 18.6 Å². The van der Waals surface area contributed by atoms with E-state index in [2.05, 4.69) is 5.32 Å². The normalized spacial score (nSPS) is 24.8. The first-order chi connectivity index (χ1) is 9.69. The summed E-state index contributed by atoms with van der Waals surface area (Å²) in [4.78, 5) is 0. The van der Waals surface area contributed by atoms with Crippen LogP contribution in [0.5, 0.6) is 0 Å². The van der Waals surface area contributed by atoms with Gasteiger partial charge in [-0.2, -0.15) is 0 Å². The van der Waals surface area contributed by atoms with Gasteiger partial charge in [0.25, 0.3) is 0 Å². The van der Waals surface area contributed by atoms with Crippen molar-refractivity contribution in [1.29, 1.82) is 0 Å². The molecule has 118 valence electrons. The summed E-state index contributed by atoms with van der Waals surface area (Å²) in [5, 5.41) is 13.5. The van der Waals surface area contributed by atoms with E-state index in [1.165, 1.54) is 64.2 Å². The second-order valence-electron chi connectivity index (χ2n) is 7.14. The number of nitrogens with one attached hydrogen (secondary N) is 1. The molecule has 0 heterocycles. The molecule has 3 heteroatoms. The fourth-order valence-corrected chi connectivity index (χ4v) is 4.60. The van der Waals surface area contributed by atoms with Crippen molar-refractivity contribution in [3.05, 3.63) is 0 Å². The first kappa shape index (κ1) is 16.3. The van der Waals surface area contributed by atoms with Gasteiger partial charge in [0.2, 0.25) is 0 Å². The van der Waals surface area contributed by atoms with Crippen molar-refractivity contribution in [1.82, 2.24) is 5.32 Å². The molecule has 2 aliphatic rings. The molecule has 1 unspecified atom stereocenters. The molecule has 0 aromatic heterocycles. The highest BCUT2D eigenvalue weighted by Gasteiger charge is 2.44. The van der Waals surface area contributed by atoms with E-state index in [1.54, 1.807) is 0 Å². The Bertz CT molecular complexity index is 250. The number of hydrogen-bond acceptors (Lipinski definition) is 3. The zero-order valence-corrected chi connectivity index (χ0v) is 13.2. The third kappa shape index (κ3) is 3.75. The topological polar surface area (TPSA) is 58.3 Å². The number of rotatable bonds is 6. The SMILES string of the molecule is CC(O)CNC(CN)(C1CCCCC1)C1CCCCC1. The van der Waals surface area contributed by atoms with E-state index < -0.39 is 0 Å². The van der Waals surface area contributed by atoms with Crippen LogP contribution in [0.1, 0.15) is 71.1 Å². The molecule has 20 heavy (non-hydrogen) atoms. The number of nitrogens with two attached hydrogens (primary N) is 1.